The molecule has 1 aliphatic rings. The lowest BCUT2D eigenvalue weighted by molar-refractivity contribution is -0.140. The van der Waals surface area contributed by atoms with E-state index in [1.54, 1.807) is 12.1 Å². The summed E-state index contributed by atoms with van der Waals surface area (Å²) in [5.74, 6) is -1.98. The molecule has 0 heterocycles. The van der Waals surface area contributed by atoms with E-state index in [0.717, 1.165) is 25.7 Å². The molecule has 17 heavy (non-hydrogen) atoms. The van der Waals surface area contributed by atoms with Crippen molar-refractivity contribution in [3.63, 3.8) is 0 Å². The van der Waals surface area contributed by atoms with Crippen LogP contribution < -0.4 is 0 Å². The summed E-state index contributed by atoms with van der Waals surface area (Å²) in [7, 11) is 0. The first kappa shape index (κ1) is 12.6. The van der Waals surface area contributed by atoms with Gasteiger partial charge >= 0.3 is 5.97 Å². The average molecular weight is 301 g/mol. The van der Waals surface area contributed by atoms with E-state index in [4.69, 9.17) is 0 Å². The van der Waals surface area contributed by atoms with Gasteiger partial charge in [-0.25, -0.2) is 4.39 Å². The van der Waals surface area contributed by atoms with Crippen LogP contribution in [0.1, 0.15) is 37.2 Å². The first-order chi connectivity index (χ1) is 8.09. The van der Waals surface area contributed by atoms with Gasteiger partial charge in [0.05, 0.1) is 5.92 Å². The molecular formula is C13H14BrFO2. The van der Waals surface area contributed by atoms with Gasteiger partial charge < -0.3 is 5.11 Å². The third-order valence-electron chi connectivity index (χ3n) is 3.43. The van der Waals surface area contributed by atoms with Gasteiger partial charge in [0.2, 0.25) is 0 Å². The van der Waals surface area contributed by atoms with Crippen molar-refractivity contribution in [2.24, 2.45) is 5.92 Å². The summed E-state index contributed by atoms with van der Waals surface area (Å²) < 4.78 is 14.5. The summed E-state index contributed by atoms with van der Waals surface area (Å²) in [4.78, 5) is 11.3. The van der Waals surface area contributed by atoms with Crippen molar-refractivity contribution < 1.29 is 14.3 Å². The highest BCUT2D eigenvalue weighted by Gasteiger charge is 2.33. The normalized spacial score (nSPS) is 18.2. The van der Waals surface area contributed by atoms with Crippen LogP contribution in [0, 0.1) is 11.7 Å². The molecule has 0 unspecified atom stereocenters. The highest BCUT2D eigenvalue weighted by Crippen LogP contribution is 2.38. The maximum Gasteiger partial charge on any atom is 0.311 e. The molecular weight excluding hydrogens is 287 g/mol. The lowest BCUT2D eigenvalue weighted by Crippen LogP contribution is -2.20. The third-order valence-corrected chi connectivity index (χ3v) is 3.93. The summed E-state index contributed by atoms with van der Waals surface area (Å²) >= 11 is 3.18. The number of hydrogen-bond donors (Lipinski definition) is 1. The van der Waals surface area contributed by atoms with Crippen LogP contribution in [0.5, 0.6) is 0 Å². The van der Waals surface area contributed by atoms with Crippen LogP contribution in [0.3, 0.4) is 0 Å². The summed E-state index contributed by atoms with van der Waals surface area (Å²) in [6.07, 6.45) is 3.86. The summed E-state index contributed by atoms with van der Waals surface area (Å²) in [5, 5.41) is 9.30. The molecule has 0 saturated heterocycles. The van der Waals surface area contributed by atoms with Gasteiger partial charge in [-0.15, -0.1) is 0 Å². The number of carbonyl (C=O) groups is 1. The van der Waals surface area contributed by atoms with E-state index < -0.39 is 17.7 Å². The zero-order valence-electron chi connectivity index (χ0n) is 9.33. The van der Waals surface area contributed by atoms with Gasteiger partial charge in [-0.3, -0.25) is 4.79 Å². The molecule has 92 valence electrons. The maximum atomic E-state index is 13.8. The number of carboxylic acid groups (broad SMARTS) is 1. The molecule has 1 saturated carbocycles. The van der Waals surface area contributed by atoms with Crippen LogP contribution in [0.25, 0.3) is 0 Å². The monoisotopic (exact) mass is 300 g/mol. The number of benzene rings is 1. The molecule has 0 aromatic heterocycles. The van der Waals surface area contributed by atoms with Crippen molar-refractivity contribution in [2.45, 2.75) is 31.6 Å². The fourth-order valence-electron chi connectivity index (χ4n) is 2.63. The Morgan fingerprint density at radius 1 is 1.41 bits per heavy atom. The molecule has 2 rings (SSSR count). The SMILES string of the molecule is O=C(O)[C@H](c1ccc(Br)cc1F)C1CCCC1. The van der Waals surface area contributed by atoms with Crippen LogP contribution in [-0.4, -0.2) is 11.1 Å². The Morgan fingerprint density at radius 3 is 2.59 bits per heavy atom. The van der Waals surface area contributed by atoms with Gasteiger partial charge in [-0.1, -0.05) is 34.8 Å². The quantitative estimate of drug-likeness (QED) is 0.918. The second-order valence-corrected chi connectivity index (χ2v) is 5.44. The number of hydrogen-bond acceptors (Lipinski definition) is 1. The standard InChI is InChI=1S/C13H14BrFO2/c14-9-5-6-10(11(15)7-9)12(13(16)17)8-3-1-2-4-8/h5-8,12H,1-4H2,(H,16,17)/t12-/m0/s1. The molecule has 1 atom stereocenters. The number of rotatable bonds is 3. The Bertz CT molecular complexity index is 427. The fraction of sp³-hybridized carbons (Fsp3) is 0.462. The topological polar surface area (TPSA) is 37.3 Å². The van der Waals surface area contributed by atoms with Gasteiger partial charge in [0.25, 0.3) is 0 Å². The Labute approximate surface area is 108 Å². The molecule has 1 aromatic rings. The van der Waals surface area contributed by atoms with E-state index >= 15 is 0 Å². The van der Waals surface area contributed by atoms with E-state index in [-0.39, 0.29) is 5.92 Å². The molecule has 1 fully saturated rings. The molecule has 0 amide bonds. The predicted octanol–water partition coefficient (Wildman–Crippen LogP) is 3.95. The second kappa shape index (κ2) is 5.17. The summed E-state index contributed by atoms with van der Waals surface area (Å²) in [6, 6.07) is 4.61. The Balaban J connectivity index is 2.35. The van der Waals surface area contributed by atoms with Gasteiger partial charge in [-0.05, 0) is 30.9 Å². The summed E-state index contributed by atoms with van der Waals surface area (Å²) in [6.45, 7) is 0. The predicted molar refractivity (Wildman–Crippen MR) is 66.4 cm³/mol. The van der Waals surface area contributed by atoms with Crippen LogP contribution in [0.4, 0.5) is 4.39 Å². The lowest BCUT2D eigenvalue weighted by atomic mass is 9.84. The Morgan fingerprint density at radius 2 is 2.06 bits per heavy atom. The van der Waals surface area contributed by atoms with Crippen molar-refractivity contribution in [3.05, 3.63) is 34.1 Å². The van der Waals surface area contributed by atoms with Crippen molar-refractivity contribution in [1.82, 2.24) is 0 Å². The van der Waals surface area contributed by atoms with E-state index in [0.29, 0.717) is 10.0 Å². The zero-order chi connectivity index (χ0) is 12.4. The van der Waals surface area contributed by atoms with Crippen LogP contribution in [0.2, 0.25) is 0 Å². The average Bonchev–Trinajstić information content (AvgIpc) is 2.74. The highest BCUT2D eigenvalue weighted by molar-refractivity contribution is 9.10. The largest absolute Gasteiger partial charge is 0.481 e. The lowest BCUT2D eigenvalue weighted by Gasteiger charge is -2.20. The van der Waals surface area contributed by atoms with Crippen LogP contribution >= 0.6 is 15.9 Å². The Hall–Kier alpha value is -0.900. The van der Waals surface area contributed by atoms with E-state index in [1.807, 2.05) is 0 Å². The van der Waals surface area contributed by atoms with Crippen molar-refractivity contribution in [2.75, 3.05) is 0 Å². The van der Waals surface area contributed by atoms with E-state index in [2.05, 4.69) is 15.9 Å². The summed E-state index contributed by atoms with van der Waals surface area (Å²) in [5.41, 5.74) is 0.313. The minimum Gasteiger partial charge on any atom is -0.481 e. The smallest absolute Gasteiger partial charge is 0.311 e. The van der Waals surface area contributed by atoms with E-state index in [1.165, 1.54) is 6.07 Å². The molecule has 1 aromatic carbocycles. The number of aliphatic carboxylic acids is 1. The van der Waals surface area contributed by atoms with E-state index in [9.17, 15) is 14.3 Å². The van der Waals surface area contributed by atoms with Crippen molar-refractivity contribution in [3.8, 4) is 0 Å². The maximum absolute atomic E-state index is 13.8. The Kier molecular flexibility index (Phi) is 3.82. The van der Waals surface area contributed by atoms with Gasteiger partial charge in [-0.2, -0.15) is 0 Å². The molecule has 0 bridgehead atoms. The minimum atomic E-state index is -0.918. The zero-order valence-corrected chi connectivity index (χ0v) is 10.9. The molecule has 0 spiro atoms. The van der Waals surface area contributed by atoms with Crippen LogP contribution in [0.15, 0.2) is 22.7 Å². The minimum absolute atomic E-state index is 0.0724. The fourth-order valence-corrected chi connectivity index (χ4v) is 2.97. The molecule has 2 nitrogen and oxygen atoms in total. The number of carboxylic acids is 1. The second-order valence-electron chi connectivity index (χ2n) is 4.53. The van der Waals surface area contributed by atoms with Crippen LogP contribution in [-0.2, 0) is 4.79 Å². The highest BCUT2D eigenvalue weighted by atomic mass is 79.9. The molecule has 0 radical (unpaired) electrons. The first-order valence-electron chi connectivity index (χ1n) is 5.77. The molecule has 1 N–H and O–H groups in total. The molecule has 4 heteroatoms. The van der Waals surface area contributed by atoms with Gasteiger partial charge in [0, 0.05) is 10.0 Å². The van der Waals surface area contributed by atoms with Gasteiger partial charge in [0.15, 0.2) is 0 Å². The van der Waals surface area contributed by atoms with Gasteiger partial charge in [0.1, 0.15) is 5.82 Å². The van der Waals surface area contributed by atoms with Crippen molar-refractivity contribution in [1.29, 1.82) is 0 Å². The molecule has 1 aliphatic carbocycles. The molecule has 0 aliphatic heterocycles. The van der Waals surface area contributed by atoms with Crippen molar-refractivity contribution >= 4 is 21.9 Å². The first-order valence-corrected chi connectivity index (χ1v) is 6.56. The number of halogens is 2. The third kappa shape index (κ3) is 2.68.